The summed E-state index contributed by atoms with van der Waals surface area (Å²) in [4.78, 5) is 12.8. The molecule has 120 valence electrons. The highest BCUT2D eigenvalue weighted by Gasteiger charge is 2.14. The van der Waals surface area contributed by atoms with Crippen molar-refractivity contribution in [1.82, 2.24) is 14.8 Å². The number of anilines is 1. The van der Waals surface area contributed by atoms with Crippen molar-refractivity contribution in [3.8, 4) is 11.4 Å². The predicted octanol–water partition coefficient (Wildman–Crippen LogP) is 4.37. The van der Waals surface area contributed by atoms with Gasteiger partial charge in [0.25, 0.3) is 5.91 Å². The molecule has 0 saturated carbocycles. The second-order valence-electron chi connectivity index (χ2n) is 5.43. The Morgan fingerprint density at radius 2 is 2.12 bits per heavy atom. The number of aromatic amines is 1. The molecule has 0 aliphatic carbocycles. The fourth-order valence-electron chi connectivity index (χ4n) is 2.88. The zero-order chi connectivity index (χ0) is 16.5. The van der Waals surface area contributed by atoms with Crippen LogP contribution in [-0.2, 0) is 6.54 Å². The van der Waals surface area contributed by atoms with Gasteiger partial charge in [-0.05, 0) is 30.5 Å². The average molecular weight is 336 g/mol. The first kappa shape index (κ1) is 14.7. The molecular formula is C18H16N4OS. The van der Waals surface area contributed by atoms with Crippen molar-refractivity contribution >= 4 is 34.0 Å². The first-order chi connectivity index (χ1) is 11.8. The molecule has 0 bridgehead atoms. The van der Waals surface area contributed by atoms with E-state index in [1.807, 2.05) is 29.6 Å². The van der Waals surface area contributed by atoms with Crippen molar-refractivity contribution in [2.45, 2.75) is 13.5 Å². The molecule has 5 nitrogen and oxygen atoms in total. The molecule has 6 heteroatoms. The Hall–Kier alpha value is -2.86. The Morgan fingerprint density at radius 3 is 2.92 bits per heavy atom. The Kier molecular flexibility index (Phi) is 3.66. The first-order valence-corrected chi connectivity index (χ1v) is 8.63. The summed E-state index contributed by atoms with van der Waals surface area (Å²) in [6.45, 7) is 2.98. The van der Waals surface area contributed by atoms with Gasteiger partial charge in [0.05, 0.1) is 16.3 Å². The van der Waals surface area contributed by atoms with E-state index in [0.29, 0.717) is 10.7 Å². The number of rotatable bonds is 4. The normalized spacial score (nSPS) is 11.0. The molecule has 0 unspecified atom stereocenters. The number of carbonyl (C=O) groups is 1. The molecule has 0 aliphatic heterocycles. The molecule has 3 aromatic heterocycles. The standard InChI is InChI=1S/C18H16N4OS/c1-2-22-14-7-4-3-6-12(14)10-15(22)13-11-17(21-20-13)19-18(23)16-8-5-9-24-16/h3-11H,2H2,1H3,(H2,19,20,21,23). The highest BCUT2D eigenvalue weighted by molar-refractivity contribution is 7.12. The SMILES string of the molecule is CCn1c(-c2cc(NC(=O)c3cccs3)n[nH]2)cc2ccccc21. The third-order valence-electron chi connectivity index (χ3n) is 3.97. The number of aryl methyl sites for hydroxylation is 1. The fraction of sp³-hybridized carbons (Fsp3) is 0.111. The number of carbonyl (C=O) groups excluding carboxylic acids is 1. The van der Waals surface area contributed by atoms with Crippen LogP contribution < -0.4 is 5.32 Å². The number of H-pyrrole nitrogens is 1. The van der Waals surface area contributed by atoms with Crippen LogP contribution in [-0.4, -0.2) is 20.7 Å². The molecule has 0 radical (unpaired) electrons. The van der Waals surface area contributed by atoms with Gasteiger partial charge in [-0.1, -0.05) is 24.3 Å². The van der Waals surface area contributed by atoms with Gasteiger partial charge in [-0.15, -0.1) is 11.3 Å². The van der Waals surface area contributed by atoms with E-state index >= 15 is 0 Å². The molecule has 4 aromatic rings. The molecule has 0 spiro atoms. The number of hydrogen-bond acceptors (Lipinski definition) is 3. The molecule has 0 saturated heterocycles. The second-order valence-corrected chi connectivity index (χ2v) is 6.38. The lowest BCUT2D eigenvalue weighted by Gasteiger charge is -2.05. The number of nitrogens with zero attached hydrogens (tertiary/aromatic N) is 2. The van der Waals surface area contributed by atoms with Crippen LogP contribution in [0.1, 0.15) is 16.6 Å². The van der Waals surface area contributed by atoms with Crippen LogP contribution in [0.3, 0.4) is 0 Å². The van der Waals surface area contributed by atoms with Crippen LogP contribution in [0.5, 0.6) is 0 Å². The van der Waals surface area contributed by atoms with Crippen molar-refractivity contribution in [2.24, 2.45) is 0 Å². The van der Waals surface area contributed by atoms with Crippen LogP contribution in [0.2, 0.25) is 0 Å². The van der Waals surface area contributed by atoms with E-state index in [9.17, 15) is 4.79 Å². The quantitative estimate of drug-likeness (QED) is 0.581. The first-order valence-electron chi connectivity index (χ1n) is 7.75. The van der Waals surface area contributed by atoms with Crippen LogP contribution in [0, 0.1) is 0 Å². The van der Waals surface area contributed by atoms with E-state index in [1.165, 1.54) is 22.2 Å². The number of amides is 1. The summed E-state index contributed by atoms with van der Waals surface area (Å²) >= 11 is 1.41. The van der Waals surface area contributed by atoms with Gasteiger partial charge in [-0.2, -0.15) is 5.10 Å². The molecule has 2 N–H and O–H groups in total. The van der Waals surface area contributed by atoms with Crippen molar-refractivity contribution in [2.75, 3.05) is 5.32 Å². The highest BCUT2D eigenvalue weighted by Crippen LogP contribution is 2.28. The number of nitrogens with one attached hydrogen (secondary N) is 2. The van der Waals surface area contributed by atoms with Gasteiger partial charge in [0.2, 0.25) is 0 Å². The zero-order valence-electron chi connectivity index (χ0n) is 13.1. The lowest BCUT2D eigenvalue weighted by molar-refractivity contribution is 0.103. The van der Waals surface area contributed by atoms with E-state index < -0.39 is 0 Å². The molecule has 3 heterocycles. The molecule has 0 fully saturated rings. The topological polar surface area (TPSA) is 62.7 Å². The zero-order valence-corrected chi connectivity index (χ0v) is 13.9. The fourth-order valence-corrected chi connectivity index (χ4v) is 3.50. The summed E-state index contributed by atoms with van der Waals surface area (Å²) in [5.41, 5.74) is 3.13. The molecular weight excluding hydrogens is 320 g/mol. The van der Waals surface area contributed by atoms with Crippen LogP contribution in [0.25, 0.3) is 22.3 Å². The van der Waals surface area contributed by atoms with Crippen LogP contribution >= 0.6 is 11.3 Å². The maximum absolute atomic E-state index is 12.1. The summed E-state index contributed by atoms with van der Waals surface area (Å²) in [7, 11) is 0. The van der Waals surface area contributed by atoms with Crippen molar-refractivity contribution in [3.63, 3.8) is 0 Å². The molecule has 0 aliphatic rings. The summed E-state index contributed by atoms with van der Waals surface area (Å²) in [6, 6.07) is 15.9. The number of fused-ring (bicyclic) bond motifs is 1. The Morgan fingerprint density at radius 1 is 1.25 bits per heavy atom. The van der Waals surface area contributed by atoms with Crippen LogP contribution in [0.15, 0.2) is 53.9 Å². The van der Waals surface area contributed by atoms with E-state index in [1.54, 1.807) is 6.07 Å². The Bertz CT molecular complexity index is 997. The van der Waals surface area contributed by atoms with Crippen molar-refractivity contribution < 1.29 is 4.79 Å². The lowest BCUT2D eigenvalue weighted by atomic mass is 10.2. The third kappa shape index (κ3) is 2.51. The molecule has 1 amide bonds. The lowest BCUT2D eigenvalue weighted by Crippen LogP contribution is -2.10. The van der Waals surface area contributed by atoms with Crippen molar-refractivity contribution in [1.29, 1.82) is 0 Å². The Balaban J connectivity index is 1.66. The molecule has 24 heavy (non-hydrogen) atoms. The maximum atomic E-state index is 12.1. The van der Waals surface area contributed by atoms with Gasteiger partial charge in [-0.3, -0.25) is 9.89 Å². The van der Waals surface area contributed by atoms with Crippen molar-refractivity contribution in [3.05, 3.63) is 58.8 Å². The van der Waals surface area contributed by atoms with E-state index in [0.717, 1.165) is 17.9 Å². The van der Waals surface area contributed by atoms with E-state index in [4.69, 9.17) is 0 Å². The van der Waals surface area contributed by atoms with Gasteiger partial charge in [0.1, 0.15) is 0 Å². The van der Waals surface area contributed by atoms with Gasteiger partial charge >= 0.3 is 0 Å². The number of benzene rings is 1. The minimum Gasteiger partial charge on any atom is -0.340 e. The second kappa shape index (κ2) is 5.98. The third-order valence-corrected chi connectivity index (χ3v) is 4.84. The minimum atomic E-state index is -0.140. The highest BCUT2D eigenvalue weighted by atomic mass is 32.1. The summed E-state index contributed by atoms with van der Waals surface area (Å²) < 4.78 is 2.23. The minimum absolute atomic E-state index is 0.140. The number of aromatic nitrogens is 3. The summed E-state index contributed by atoms with van der Waals surface area (Å²) in [6.07, 6.45) is 0. The maximum Gasteiger partial charge on any atom is 0.266 e. The van der Waals surface area contributed by atoms with Gasteiger partial charge in [-0.25, -0.2) is 0 Å². The number of para-hydroxylation sites is 1. The van der Waals surface area contributed by atoms with E-state index in [2.05, 4.69) is 45.2 Å². The largest absolute Gasteiger partial charge is 0.340 e. The number of thiophene rings is 1. The Labute approximate surface area is 142 Å². The predicted molar refractivity (Wildman–Crippen MR) is 97.5 cm³/mol. The number of hydrogen-bond donors (Lipinski definition) is 2. The van der Waals surface area contributed by atoms with Crippen LogP contribution in [0.4, 0.5) is 5.82 Å². The summed E-state index contributed by atoms with van der Waals surface area (Å²) in [5, 5.41) is 13.1. The molecule has 4 rings (SSSR count). The smallest absolute Gasteiger partial charge is 0.266 e. The van der Waals surface area contributed by atoms with Gasteiger partial charge in [0.15, 0.2) is 5.82 Å². The molecule has 0 atom stereocenters. The van der Waals surface area contributed by atoms with E-state index in [-0.39, 0.29) is 5.91 Å². The van der Waals surface area contributed by atoms with Gasteiger partial charge < -0.3 is 9.88 Å². The summed E-state index contributed by atoms with van der Waals surface area (Å²) in [5.74, 6) is 0.385. The monoisotopic (exact) mass is 336 g/mol. The van der Waals surface area contributed by atoms with Gasteiger partial charge in [0, 0.05) is 23.5 Å². The average Bonchev–Trinajstić information content (AvgIpc) is 3.33. The molecule has 1 aromatic carbocycles.